The van der Waals surface area contributed by atoms with Gasteiger partial charge < -0.3 is 15.4 Å². The predicted octanol–water partition coefficient (Wildman–Crippen LogP) is 3.71. The first-order valence-electron chi connectivity index (χ1n) is 8.16. The standard InChI is InChI=1S/C17H24ClFN2O2.ClH/c18-14-11-13(6-7-15(14)19)16-12-21(9-10-23-16)17(22)5-3-1-2-4-8-20;/h6-7,11,16H,1-5,8-10,12,20H2;1H. The van der Waals surface area contributed by atoms with Crippen molar-refractivity contribution in [1.29, 1.82) is 0 Å². The van der Waals surface area contributed by atoms with Gasteiger partial charge in [0.1, 0.15) is 11.9 Å². The molecule has 1 amide bonds. The lowest BCUT2D eigenvalue weighted by Crippen LogP contribution is -2.42. The molecule has 0 bridgehead atoms. The van der Waals surface area contributed by atoms with Gasteiger partial charge in [0.25, 0.3) is 0 Å². The Balaban J connectivity index is 0.00000288. The van der Waals surface area contributed by atoms with E-state index in [4.69, 9.17) is 22.1 Å². The third-order valence-corrected chi connectivity index (χ3v) is 4.37. The van der Waals surface area contributed by atoms with E-state index in [0.29, 0.717) is 32.7 Å². The van der Waals surface area contributed by atoms with Crippen LogP contribution in [0.4, 0.5) is 4.39 Å². The Morgan fingerprint density at radius 3 is 2.79 bits per heavy atom. The third kappa shape index (κ3) is 6.20. The first kappa shape index (κ1) is 21.2. The number of amides is 1. The molecule has 0 radical (unpaired) electrons. The summed E-state index contributed by atoms with van der Waals surface area (Å²) in [7, 11) is 0. The average Bonchev–Trinajstić information content (AvgIpc) is 2.57. The second kappa shape index (κ2) is 10.9. The minimum absolute atomic E-state index is 0. The lowest BCUT2D eigenvalue weighted by atomic mass is 10.1. The highest BCUT2D eigenvalue weighted by Crippen LogP contribution is 2.26. The zero-order chi connectivity index (χ0) is 16.7. The van der Waals surface area contributed by atoms with Crippen molar-refractivity contribution >= 4 is 29.9 Å². The molecule has 1 aromatic carbocycles. The molecule has 2 N–H and O–H groups in total. The number of nitrogens with two attached hydrogens (primary N) is 1. The molecular formula is C17H25Cl2FN2O2. The molecule has 1 saturated heterocycles. The van der Waals surface area contributed by atoms with Gasteiger partial charge in [-0.15, -0.1) is 12.4 Å². The van der Waals surface area contributed by atoms with E-state index in [0.717, 1.165) is 31.2 Å². The molecule has 0 aromatic heterocycles. The molecule has 0 spiro atoms. The van der Waals surface area contributed by atoms with Gasteiger partial charge in [0.05, 0.1) is 18.2 Å². The number of nitrogens with zero attached hydrogens (tertiary/aromatic N) is 1. The number of unbranched alkanes of at least 4 members (excludes halogenated alkanes) is 3. The van der Waals surface area contributed by atoms with Crippen LogP contribution in [-0.4, -0.2) is 37.0 Å². The van der Waals surface area contributed by atoms with Crippen LogP contribution >= 0.6 is 24.0 Å². The fourth-order valence-electron chi connectivity index (χ4n) is 2.72. The van der Waals surface area contributed by atoms with E-state index in [2.05, 4.69) is 0 Å². The zero-order valence-corrected chi connectivity index (χ0v) is 15.3. The van der Waals surface area contributed by atoms with Gasteiger partial charge >= 0.3 is 0 Å². The van der Waals surface area contributed by atoms with Gasteiger partial charge in [-0.2, -0.15) is 0 Å². The molecular weight excluding hydrogens is 354 g/mol. The number of morpholine rings is 1. The number of hydrogen-bond donors (Lipinski definition) is 1. The number of carbonyl (C=O) groups excluding carboxylic acids is 1. The van der Waals surface area contributed by atoms with Crippen LogP contribution in [-0.2, 0) is 9.53 Å². The van der Waals surface area contributed by atoms with E-state index in [1.165, 1.54) is 6.07 Å². The topological polar surface area (TPSA) is 55.6 Å². The van der Waals surface area contributed by atoms with Gasteiger partial charge in [0.2, 0.25) is 5.91 Å². The van der Waals surface area contributed by atoms with Crippen molar-refractivity contribution in [1.82, 2.24) is 4.90 Å². The van der Waals surface area contributed by atoms with Crippen LogP contribution in [0.3, 0.4) is 0 Å². The predicted molar refractivity (Wildman–Crippen MR) is 96.1 cm³/mol. The van der Waals surface area contributed by atoms with E-state index >= 15 is 0 Å². The van der Waals surface area contributed by atoms with Crippen LogP contribution in [0.1, 0.15) is 43.8 Å². The summed E-state index contributed by atoms with van der Waals surface area (Å²) >= 11 is 5.82. The first-order chi connectivity index (χ1) is 11.1. The Morgan fingerprint density at radius 2 is 2.08 bits per heavy atom. The first-order valence-corrected chi connectivity index (χ1v) is 8.54. The molecule has 1 aliphatic rings. The Hall–Kier alpha value is -0.880. The van der Waals surface area contributed by atoms with Crippen LogP contribution in [0, 0.1) is 5.82 Å². The number of rotatable bonds is 7. The average molecular weight is 379 g/mol. The Morgan fingerprint density at radius 1 is 1.33 bits per heavy atom. The summed E-state index contributed by atoms with van der Waals surface area (Å²) in [4.78, 5) is 14.1. The van der Waals surface area contributed by atoms with Crippen LogP contribution in [0.5, 0.6) is 0 Å². The van der Waals surface area contributed by atoms with E-state index in [9.17, 15) is 9.18 Å². The summed E-state index contributed by atoms with van der Waals surface area (Å²) in [5.74, 6) is -0.295. The van der Waals surface area contributed by atoms with Crippen molar-refractivity contribution in [2.24, 2.45) is 5.73 Å². The molecule has 7 heteroatoms. The van der Waals surface area contributed by atoms with E-state index in [1.54, 1.807) is 12.1 Å². The molecule has 0 saturated carbocycles. The molecule has 1 heterocycles. The zero-order valence-electron chi connectivity index (χ0n) is 13.7. The van der Waals surface area contributed by atoms with E-state index in [-0.39, 0.29) is 29.4 Å². The molecule has 4 nitrogen and oxygen atoms in total. The summed E-state index contributed by atoms with van der Waals surface area (Å²) in [6, 6.07) is 4.56. The summed E-state index contributed by atoms with van der Waals surface area (Å²) in [6.45, 7) is 2.29. The molecule has 1 fully saturated rings. The Kier molecular flexibility index (Phi) is 9.59. The van der Waals surface area contributed by atoms with Gasteiger partial charge in [-0.25, -0.2) is 4.39 Å². The molecule has 1 aromatic rings. The van der Waals surface area contributed by atoms with Crippen molar-refractivity contribution in [3.8, 4) is 0 Å². The van der Waals surface area contributed by atoms with Crippen molar-refractivity contribution in [2.45, 2.75) is 38.2 Å². The molecule has 1 atom stereocenters. The van der Waals surface area contributed by atoms with Crippen molar-refractivity contribution < 1.29 is 13.9 Å². The minimum atomic E-state index is -0.448. The molecule has 0 aliphatic carbocycles. The van der Waals surface area contributed by atoms with Crippen LogP contribution in [0.15, 0.2) is 18.2 Å². The van der Waals surface area contributed by atoms with E-state index < -0.39 is 5.82 Å². The fraction of sp³-hybridized carbons (Fsp3) is 0.588. The van der Waals surface area contributed by atoms with Crippen molar-refractivity contribution in [2.75, 3.05) is 26.2 Å². The highest BCUT2D eigenvalue weighted by atomic mass is 35.5. The quantitative estimate of drug-likeness (QED) is 0.735. The van der Waals surface area contributed by atoms with Crippen LogP contribution < -0.4 is 5.73 Å². The second-order valence-electron chi connectivity index (χ2n) is 5.83. The SMILES string of the molecule is Cl.NCCCCCCC(=O)N1CCOC(c2ccc(F)c(Cl)c2)C1. The normalized spacial score (nSPS) is 17.5. The van der Waals surface area contributed by atoms with E-state index in [1.807, 2.05) is 4.90 Å². The maximum Gasteiger partial charge on any atom is 0.222 e. The van der Waals surface area contributed by atoms with Crippen LogP contribution in [0.25, 0.3) is 0 Å². The Labute approximate surface area is 153 Å². The molecule has 136 valence electrons. The summed E-state index contributed by atoms with van der Waals surface area (Å²) in [5, 5.41) is 0.0782. The Bertz CT molecular complexity index is 531. The molecule has 24 heavy (non-hydrogen) atoms. The lowest BCUT2D eigenvalue weighted by Gasteiger charge is -2.33. The number of carbonyl (C=O) groups is 1. The van der Waals surface area contributed by atoms with Gasteiger partial charge in [-0.05, 0) is 37.1 Å². The number of ether oxygens (including phenoxy) is 1. The maximum absolute atomic E-state index is 13.3. The van der Waals surface area contributed by atoms with Crippen molar-refractivity contribution in [3.63, 3.8) is 0 Å². The highest BCUT2D eigenvalue weighted by molar-refractivity contribution is 6.30. The maximum atomic E-state index is 13.3. The smallest absolute Gasteiger partial charge is 0.222 e. The minimum Gasteiger partial charge on any atom is -0.370 e. The second-order valence-corrected chi connectivity index (χ2v) is 6.23. The number of benzene rings is 1. The van der Waals surface area contributed by atoms with Gasteiger partial charge in [-0.3, -0.25) is 4.79 Å². The van der Waals surface area contributed by atoms with Gasteiger partial charge in [-0.1, -0.05) is 30.5 Å². The third-order valence-electron chi connectivity index (χ3n) is 4.08. The summed E-state index contributed by atoms with van der Waals surface area (Å²) < 4.78 is 19.0. The molecule has 1 aliphatic heterocycles. The fourth-order valence-corrected chi connectivity index (χ4v) is 2.91. The highest BCUT2D eigenvalue weighted by Gasteiger charge is 2.25. The lowest BCUT2D eigenvalue weighted by molar-refractivity contribution is -0.139. The van der Waals surface area contributed by atoms with Crippen molar-refractivity contribution in [3.05, 3.63) is 34.6 Å². The van der Waals surface area contributed by atoms with Gasteiger partial charge in [0.15, 0.2) is 0 Å². The number of hydrogen-bond acceptors (Lipinski definition) is 3. The number of halogens is 3. The summed E-state index contributed by atoms with van der Waals surface area (Å²) in [6.07, 6.45) is 4.32. The molecule has 1 unspecified atom stereocenters. The van der Waals surface area contributed by atoms with Gasteiger partial charge in [0, 0.05) is 13.0 Å². The van der Waals surface area contributed by atoms with Crippen LogP contribution in [0.2, 0.25) is 5.02 Å². The monoisotopic (exact) mass is 378 g/mol. The summed E-state index contributed by atoms with van der Waals surface area (Å²) in [5.41, 5.74) is 6.26. The molecule has 2 rings (SSSR count). The largest absolute Gasteiger partial charge is 0.370 e.